The van der Waals surface area contributed by atoms with E-state index in [0.717, 1.165) is 21.6 Å². The van der Waals surface area contributed by atoms with Gasteiger partial charge in [-0.3, -0.25) is 4.79 Å². The van der Waals surface area contributed by atoms with Crippen LogP contribution in [0.25, 0.3) is 10.9 Å². The number of aromatic nitrogens is 2. The predicted octanol–water partition coefficient (Wildman–Crippen LogP) is 2.81. The van der Waals surface area contributed by atoms with Gasteiger partial charge in [0.05, 0.1) is 22.8 Å². The van der Waals surface area contributed by atoms with Gasteiger partial charge in [0.25, 0.3) is 5.56 Å². The van der Waals surface area contributed by atoms with Crippen molar-refractivity contribution in [2.24, 2.45) is 0 Å². The summed E-state index contributed by atoms with van der Waals surface area (Å²) in [4.78, 5) is 16.4. The molecule has 0 amide bonds. The second kappa shape index (κ2) is 4.38. The average molecular weight is 256 g/mol. The highest BCUT2D eigenvalue weighted by Gasteiger charge is 2.05. The van der Waals surface area contributed by atoms with Crippen LogP contribution in [0.3, 0.4) is 0 Å². The highest BCUT2D eigenvalue weighted by molar-refractivity contribution is 7.09. The standard InChI is InChI=1S/C14H12N2OS/c1-10-15-12(9-18-10)8-16-13-5-3-2-4-11(13)6-7-14(16)17/h2-7,9H,8H2,1H3. The van der Waals surface area contributed by atoms with E-state index in [1.54, 1.807) is 22.0 Å². The monoisotopic (exact) mass is 256 g/mol. The molecule has 0 radical (unpaired) electrons. The Morgan fingerprint density at radius 2 is 2.06 bits per heavy atom. The molecule has 18 heavy (non-hydrogen) atoms. The van der Waals surface area contributed by atoms with Gasteiger partial charge < -0.3 is 4.57 Å². The van der Waals surface area contributed by atoms with Gasteiger partial charge in [-0.25, -0.2) is 4.98 Å². The first-order valence-corrected chi connectivity index (χ1v) is 6.61. The van der Waals surface area contributed by atoms with E-state index in [9.17, 15) is 4.79 Å². The smallest absolute Gasteiger partial charge is 0.251 e. The summed E-state index contributed by atoms with van der Waals surface area (Å²) in [6.07, 6.45) is 0. The lowest BCUT2D eigenvalue weighted by atomic mass is 10.2. The zero-order valence-electron chi connectivity index (χ0n) is 9.96. The van der Waals surface area contributed by atoms with Crippen LogP contribution in [0.1, 0.15) is 10.7 Å². The SMILES string of the molecule is Cc1nc(Cn2c(=O)ccc3ccccc32)cs1. The van der Waals surface area contributed by atoms with Crippen molar-refractivity contribution >= 4 is 22.2 Å². The summed E-state index contributed by atoms with van der Waals surface area (Å²) in [6.45, 7) is 2.50. The molecular weight excluding hydrogens is 244 g/mol. The Labute approximate surface area is 108 Å². The summed E-state index contributed by atoms with van der Waals surface area (Å²) in [5, 5.41) is 4.10. The third-order valence-corrected chi connectivity index (χ3v) is 3.71. The Bertz CT molecular complexity index is 758. The Morgan fingerprint density at radius 3 is 2.83 bits per heavy atom. The molecule has 3 rings (SSSR count). The van der Waals surface area contributed by atoms with Crippen LogP contribution >= 0.6 is 11.3 Å². The third-order valence-electron chi connectivity index (χ3n) is 2.89. The van der Waals surface area contributed by atoms with E-state index in [2.05, 4.69) is 4.98 Å². The van der Waals surface area contributed by atoms with Gasteiger partial charge in [-0.2, -0.15) is 0 Å². The number of rotatable bonds is 2. The van der Waals surface area contributed by atoms with Crippen LogP contribution in [0.2, 0.25) is 0 Å². The van der Waals surface area contributed by atoms with Gasteiger partial charge in [0.2, 0.25) is 0 Å². The van der Waals surface area contributed by atoms with Gasteiger partial charge >= 0.3 is 0 Å². The topological polar surface area (TPSA) is 34.9 Å². The molecule has 0 N–H and O–H groups in total. The maximum atomic E-state index is 12.0. The lowest BCUT2D eigenvalue weighted by molar-refractivity contribution is 0.774. The van der Waals surface area contributed by atoms with E-state index in [-0.39, 0.29) is 5.56 Å². The summed E-state index contributed by atoms with van der Waals surface area (Å²) in [6, 6.07) is 11.4. The molecule has 0 fully saturated rings. The van der Waals surface area contributed by atoms with E-state index in [4.69, 9.17) is 0 Å². The predicted molar refractivity (Wildman–Crippen MR) is 74.2 cm³/mol. The summed E-state index contributed by atoms with van der Waals surface area (Å²) >= 11 is 1.61. The molecule has 0 aliphatic carbocycles. The fraction of sp³-hybridized carbons (Fsp3) is 0.143. The first kappa shape index (κ1) is 11.2. The normalized spacial score (nSPS) is 10.9. The molecule has 3 aromatic rings. The highest BCUT2D eigenvalue weighted by Crippen LogP contribution is 2.14. The third kappa shape index (κ3) is 1.95. The van der Waals surface area contributed by atoms with Gasteiger partial charge in [0.1, 0.15) is 0 Å². The van der Waals surface area contributed by atoms with Crippen molar-refractivity contribution < 1.29 is 0 Å². The summed E-state index contributed by atoms with van der Waals surface area (Å²) in [7, 11) is 0. The summed E-state index contributed by atoms with van der Waals surface area (Å²) < 4.78 is 1.77. The number of fused-ring (bicyclic) bond motifs is 1. The van der Waals surface area contributed by atoms with E-state index in [1.165, 1.54) is 0 Å². The van der Waals surface area contributed by atoms with Crippen molar-refractivity contribution in [3.8, 4) is 0 Å². The molecule has 0 bridgehead atoms. The van der Waals surface area contributed by atoms with Crippen LogP contribution in [0.4, 0.5) is 0 Å². The van der Waals surface area contributed by atoms with E-state index < -0.39 is 0 Å². The molecular formula is C14H12N2OS. The largest absolute Gasteiger partial charge is 0.302 e. The molecule has 0 saturated heterocycles. The zero-order chi connectivity index (χ0) is 12.5. The molecule has 90 valence electrons. The Balaban J connectivity index is 2.16. The fourth-order valence-electron chi connectivity index (χ4n) is 2.05. The van der Waals surface area contributed by atoms with Crippen LogP contribution in [0.5, 0.6) is 0 Å². The van der Waals surface area contributed by atoms with Gasteiger partial charge in [-0.15, -0.1) is 11.3 Å². The molecule has 0 aliphatic rings. The number of thiazole rings is 1. The average Bonchev–Trinajstić information content (AvgIpc) is 2.79. The molecule has 2 aromatic heterocycles. The molecule has 0 unspecified atom stereocenters. The van der Waals surface area contributed by atoms with Crippen LogP contribution in [0.15, 0.2) is 46.6 Å². The molecule has 0 spiro atoms. The van der Waals surface area contributed by atoms with Gasteiger partial charge in [0, 0.05) is 11.4 Å². The second-order valence-electron chi connectivity index (χ2n) is 4.17. The first-order valence-electron chi connectivity index (χ1n) is 5.73. The minimum Gasteiger partial charge on any atom is -0.302 e. The number of aryl methyl sites for hydroxylation is 1. The highest BCUT2D eigenvalue weighted by atomic mass is 32.1. The number of nitrogens with zero attached hydrogens (tertiary/aromatic N) is 2. The molecule has 0 saturated carbocycles. The molecule has 2 heterocycles. The van der Waals surface area contributed by atoms with Crippen LogP contribution in [-0.2, 0) is 6.54 Å². The molecule has 0 atom stereocenters. The lowest BCUT2D eigenvalue weighted by Gasteiger charge is -2.08. The minimum absolute atomic E-state index is 0.0133. The van der Waals surface area contributed by atoms with Crippen molar-refractivity contribution in [3.05, 3.63) is 62.8 Å². The van der Waals surface area contributed by atoms with Crippen LogP contribution < -0.4 is 5.56 Å². The van der Waals surface area contributed by atoms with Crippen LogP contribution in [0, 0.1) is 6.92 Å². The minimum atomic E-state index is 0.0133. The Hall–Kier alpha value is -1.94. The maximum absolute atomic E-state index is 12.0. The number of hydrogen-bond acceptors (Lipinski definition) is 3. The molecule has 4 heteroatoms. The summed E-state index contributed by atoms with van der Waals surface area (Å²) in [5.41, 5.74) is 1.91. The molecule has 1 aromatic carbocycles. The van der Waals surface area contributed by atoms with Crippen molar-refractivity contribution in [2.75, 3.05) is 0 Å². The van der Waals surface area contributed by atoms with E-state index in [1.807, 2.05) is 42.6 Å². The van der Waals surface area contributed by atoms with Crippen LogP contribution in [-0.4, -0.2) is 9.55 Å². The Kier molecular flexibility index (Phi) is 2.72. The number of hydrogen-bond donors (Lipinski definition) is 0. The number of pyridine rings is 1. The molecule has 3 nitrogen and oxygen atoms in total. The van der Waals surface area contributed by atoms with Crippen molar-refractivity contribution in [3.63, 3.8) is 0 Å². The van der Waals surface area contributed by atoms with Crippen molar-refractivity contribution in [1.82, 2.24) is 9.55 Å². The second-order valence-corrected chi connectivity index (χ2v) is 5.24. The van der Waals surface area contributed by atoms with E-state index >= 15 is 0 Å². The fourth-order valence-corrected chi connectivity index (χ4v) is 2.65. The van der Waals surface area contributed by atoms with Crippen molar-refractivity contribution in [2.45, 2.75) is 13.5 Å². The quantitative estimate of drug-likeness (QED) is 0.706. The zero-order valence-corrected chi connectivity index (χ0v) is 10.8. The summed E-state index contributed by atoms with van der Waals surface area (Å²) in [5.74, 6) is 0. The number of para-hydroxylation sites is 1. The van der Waals surface area contributed by atoms with E-state index in [0.29, 0.717) is 6.54 Å². The maximum Gasteiger partial charge on any atom is 0.251 e. The lowest BCUT2D eigenvalue weighted by Crippen LogP contribution is -2.20. The van der Waals surface area contributed by atoms with Gasteiger partial charge in [0.15, 0.2) is 0 Å². The van der Waals surface area contributed by atoms with Gasteiger partial charge in [-0.1, -0.05) is 18.2 Å². The number of benzene rings is 1. The van der Waals surface area contributed by atoms with Gasteiger partial charge in [-0.05, 0) is 24.4 Å². The van der Waals surface area contributed by atoms with Crippen molar-refractivity contribution in [1.29, 1.82) is 0 Å². The molecule has 0 aliphatic heterocycles. The Morgan fingerprint density at radius 1 is 1.22 bits per heavy atom. The first-order chi connectivity index (χ1) is 8.74.